The number of amides is 2. The normalized spacial score (nSPS) is 23.7. The molecule has 0 saturated carbocycles. The molecule has 2 amide bonds. The minimum Gasteiger partial charge on any atom is -0.493 e. The van der Waals surface area contributed by atoms with Crippen LogP contribution in [0.15, 0.2) is 18.2 Å². The highest BCUT2D eigenvalue weighted by Gasteiger charge is 2.48. The smallest absolute Gasteiger partial charge is 0.308 e. The zero-order valence-corrected chi connectivity index (χ0v) is 25.7. The molecule has 2 fully saturated rings. The number of likely N-dealkylation sites (tertiary alicyclic amines) is 2. The van der Waals surface area contributed by atoms with E-state index in [2.05, 4.69) is 36.6 Å². The summed E-state index contributed by atoms with van der Waals surface area (Å²) in [6.07, 6.45) is 4.73. The van der Waals surface area contributed by atoms with Gasteiger partial charge in [-0.1, -0.05) is 39.3 Å². The third-order valence-corrected chi connectivity index (χ3v) is 8.98. The maximum Gasteiger partial charge on any atom is 0.308 e. The molecule has 3 unspecified atom stereocenters. The Morgan fingerprint density at radius 2 is 1.90 bits per heavy atom. The second-order valence-corrected chi connectivity index (χ2v) is 13.3. The minimum absolute atomic E-state index is 0.0627. The van der Waals surface area contributed by atoms with E-state index in [0.717, 1.165) is 55.6 Å². The van der Waals surface area contributed by atoms with Crippen molar-refractivity contribution >= 4 is 17.8 Å². The van der Waals surface area contributed by atoms with Gasteiger partial charge in [-0.15, -0.1) is 0 Å². The quantitative estimate of drug-likeness (QED) is 0.367. The summed E-state index contributed by atoms with van der Waals surface area (Å²) < 4.78 is 5.70. The van der Waals surface area contributed by atoms with Crippen LogP contribution < -0.4 is 4.74 Å². The Hall–Kier alpha value is -2.65. The van der Waals surface area contributed by atoms with E-state index in [-0.39, 0.29) is 35.7 Å². The molecule has 1 aromatic rings. The highest BCUT2D eigenvalue weighted by Crippen LogP contribution is 2.41. The van der Waals surface area contributed by atoms with E-state index in [1.54, 1.807) is 0 Å². The molecule has 0 aliphatic carbocycles. The molecule has 2 saturated heterocycles. The van der Waals surface area contributed by atoms with Crippen LogP contribution in [0.4, 0.5) is 0 Å². The maximum absolute atomic E-state index is 13.7. The standard InChI is InChI=1S/C32H50N4O5/c1-6-7-14-34(15-8-13-33(4)5)29(38)21-36-20-25(23-9-10-27-24(18-23)12-17-41-27)30(31(39)40)26(36)11-16-35-22-32(2,3)19-28(35)37/h9-10,18,25-26,30H,6-8,11-17,19-22H2,1-5H3,(H,39,40). The minimum atomic E-state index is -0.839. The van der Waals surface area contributed by atoms with Crippen molar-refractivity contribution in [2.24, 2.45) is 11.3 Å². The molecule has 3 aliphatic rings. The van der Waals surface area contributed by atoms with E-state index in [0.29, 0.717) is 45.6 Å². The molecule has 0 spiro atoms. The lowest BCUT2D eigenvalue weighted by atomic mass is 9.83. The average molecular weight is 571 g/mol. The van der Waals surface area contributed by atoms with Gasteiger partial charge in [-0.2, -0.15) is 0 Å². The first-order valence-corrected chi connectivity index (χ1v) is 15.4. The number of unbranched alkanes of at least 4 members (excludes halogenated alkanes) is 1. The van der Waals surface area contributed by atoms with Crippen LogP contribution in [0, 0.1) is 11.3 Å². The van der Waals surface area contributed by atoms with Gasteiger partial charge in [0.2, 0.25) is 11.8 Å². The Labute approximate surface area is 245 Å². The number of ether oxygens (including phenoxy) is 1. The molecule has 1 N–H and O–H groups in total. The van der Waals surface area contributed by atoms with Crippen molar-refractivity contribution < 1.29 is 24.2 Å². The van der Waals surface area contributed by atoms with Crippen LogP contribution in [0.1, 0.15) is 69.9 Å². The zero-order chi connectivity index (χ0) is 29.7. The SMILES string of the molecule is CCCCN(CCCN(C)C)C(=O)CN1CC(c2ccc3c(c2)CCO3)C(C(=O)O)C1CCN1CC(C)(C)CC1=O. The van der Waals surface area contributed by atoms with Gasteiger partial charge in [-0.25, -0.2) is 0 Å². The molecule has 0 aromatic heterocycles. The Morgan fingerprint density at radius 3 is 2.56 bits per heavy atom. The summed E-state index contributed by atoms with van der Waals surface area (Å²) in [4.78, 5) is 47.4. The third-order valence-electron chi connectivity index (χ3n) is 8.98. The Bertz CT molecular complexity index is 1090. The number of fused-ring (bicyclic) bond motifs is 1. The number of hydrogen-bond acceptors (Lipinski definition) is 6. The van der Waals surface area contributed by atoms with Crippen LogP contribution in [0.2, 0.25) is 0 Å². The van der Waals surface area contributed by atoms with Crippen LogP contribution in [0.3, 0.4) is 0 Å². The number of carbonyl (C=O) groups excluding carboxylic acids is 2. The Balaban J connectivity index is 1.56. The van der Waals surface area contributed by atoms with E-state index in [1.165, 1.54) is 0 Å². The van der Waals surface area contributed by atoms with Gasteiger partial charge in [0.15, 0.2) is 0 Å². The number of carboxylic acids is 1. The first-order chi connectivity index (χ1) is 19.5. The molecular formula is C32H50N4O5. The molecule has 0 radical (unpaired) electrons. The fourth-order valence-corrected chi connectivity index (χ4v) is 6.86. The predicted molar refractivity (Wildman–Crippen MR) is 159 cm³/mol. The second-order valence-electron chi connectivity index (χ2n) is 13.3. The Kier molecular flexibility index (Phi) is 10.3. The molecular weight excluding hydrogens is 520 g/mol. The van der Waals surface area contributed by atoms with E-state index in [1.807, 2.05) is 36.0 Å². The van der Waals surface area contributed by atoms with Crippen LogP contribution in [0.5, 0.6) is 5.75 Å². The third kappa shape index (κ3) is 7.80. The number of benzene rings is 1. The van der Waals surface area contributed by atoms with Gasteiger partial charge < -0.3 is 24.5 Å². The lowest BCUT2D eigenvalue weighted by Crippen LogP contribution is -2.46. The van der Waals surface area contributed by atoms with Gasteiger partial charge in [0.1, 0.15) is 5.75 Å². The first-order valence-electron chi connectivity index (χ1n) is 15.4. The highest BCUT2D eigenvalue weighted by molar-refractivity contribution is 5.80. The van der Waals surface area contributed by atoms with Crippen LogP contribution in [-0.2, 0) is 20.8 Å². The van der Waals surface area contributed by atoms with Crippen molar-refractivity contribution in [3.8, 4) is 5.75 Å². The lowest BCUT2D eigenvalue weighted by molar-refractivity contribution is -0.144. The van der Waals surface area contributed by atoms with Crippen molar-refractivity contribution in [2.45, 2.75) is 71.3 Å². The molecule has 9 heteroatoms. The number of rotatable bonds is 14. The van der Waals surface area contributed by atoms with E-state index in [4.69, 9.17) is 4.74 Å². The zero-order valence-electron chi connectivity index (χ0n) is 25.7. The monoisotopic (exact) mass is 570 g/mol. The molecule has 3 atom stereocenters. The van der Waals surface area contributed by atoms with Gasteiger partial charge in [0.25, 0.3) is 0 Å². The van der Waals surface area contributed by atoms with Crippen molar-refractivity contribution in [1.82, 2.24) is 19.6 Å². The largest absolute Gasteiger partial charge is 0.493 e. The fraction of sp³-hybridized carbons (Fsp3) is 0.719. The van der Waals surface area contributed by atoms with Crippen LogP contribution in [0.25, 0.3) is 0 Å². The van der Waals surface area contributed by atoms with E-state index >= 15 is 0 Å². The van der Waals surface area contributed by atoms with Gasteiger partial charge in [0.05, 0.1) is 19.1 Å². The molecule has 0 bridgehead atoms. The molecule has 41 heavy (non-hydrogen) atoms. The van der Waals surface area contributed by atoms with E-state index < -0.39 is 11.9 Å². The van der Waals surface area contributed by atoms with Gasteiger partial charge in [0, 0.05) is 57.5 Å². The number of carbonyl (C=O) groups is 3. The summed E-state index contributed by atoms with van der Waals surface area (Å²) in [5.74, 6) is -0.668. The molecule has 3 heterocycles. The molecule has 4 rings (SSSR count). The number of carboxylic acid groups (broad SMARTS) is 1. The first kappa shape index (κ1) is 31.3. The molecule has 3 aliphatic heterocycles. The molecule has 9 nitrogen and oxygen atoms in total. The van der Waals surface area contributed by atoms with Crippen molar-refractivity contribution in [2.75, 3.05) is 66.5 Å². The van der Waals surface area contributed by atoms with E-state index in [9.17, 15) is 19.5 Å². The lowest BCUT2D eigenvalue weighted by Gasteiger charge is -2.31. The Morgan fingerprint density at radius 1 is 1.15 bits per heavy atom. The number of hydrogen-bond donors (Lipinski definition) is 1. The summed E-state index contributed by atoms with van der Waals surface area (Å²) in [6, 6.07) is 5.72. The van der Waals surface area contributed by atoms with Crippen molar-refractivity contribution in [1.29, 1.82) is 0 Å². The van der Waals surface area contributed by atoms with Crippen LogP contribution in [-0.4, -0.2) is 115 Å². The summed E-state index contributed by atoms with van der Waals surface area (Å²) in [7, 11) is 4.08. The highest BCUT2D eigenvalue weighted by atomic mass is 16.5. The molecule has 1 aromatic carbocycles. The maximum atomic E-state index is 13.7. The molecule has 228 valence electrons. The number of nitrogens with zero attached hydrogens (tertiary/aromatic N) is 4. The van der Waals surface area contributed by atoms with Gasteiger partial charge in [-0.3, -0.25) is 19.3 Å². The van der Waals surface area contributed by atoms with Crippen molar-refractivity contribution in [3.05, 3.63) is 29.3 Å². The summed E-state index contributed by atoms with van der Waals surface area (Å²) >= 11 is 0. The van der Waals surface area contributed by atoms with Gasteiger partial charge >= 0.3 is 5.97 Å². The topological polar surface area (TPSA) is 93.6 Å². The van der Waals surface area contributed by atoms with Crippen molar-refractivity contribution in [3.63, 3.8) is 0 Å². The fourth-order valence-electron chi connectivity index (χ4n) is 6.86. The van der Waals surface area contributed by atoms with Gasteiger partial charge in [-0.05, 0) is 62.5 Å². The predicted octanol–water partition coefficient (Wildman–Crippen LogP) is 3.32. The summed E-state index contributed by atoms with van der Waals surface area (Å²) in [5, 5.41) is 10.5. The summed E-state index contributed by atoms with van der Waals surface area (Å²) in [6.45, 7) is 11.2. The number of aliphatic carboxylic acids is 1. The summed E-state index contributed by atoms with van der Waals surface area (Å²) in [5.41, 5.74) is 2.04. The average Bonchev–Trinajstić information content (AvgIpc) is 3.58. The van der Waals surface area contributed by atoms with Crippen LogP contribution >= 0.6 is 0 Å². The second kappa shape index (κ2) is 13.6.